The first-order chi connectivity index (χ1) is 12.8. The largest absolute Gasteiger partial charge is 0.345 e. The number of aryl methyl sites for hydroxylation is 1. The molecule has 8 heteroatoms. The number of anilines is 1. The molecule has 1 saturated heterocycles. The average Bonchev–Trinajstić information content (AvgIpc) is 3.39. The highest BCUT2D eigenvalue weighted by Crippen LogP contribution is 2.19. The number of rotatable bonds is 5. The lowest BCUT2D eigenvalue weighted by molar-refractivity contribution is -0.131. The predicted octanol–water partition coefficient (Wildman–Crippen LogP) is 2.47. The van der Waals surface area contributed by atoms with Gasteiger partial charge in [-0.3, -0.25) is 4.79 Å². The number of hydrogen-bond donors (Lipinski definition) is 0. The molecule has 0 N–H and O–H groups in total. The van der Waals surface area contributed by atoms with E-state index in [-0.39, 0.29) is 5.91 Å². The van der Waals surface area contributed by atoms with Gasteiger partial charge >= 0.3 is 0 Å². The number of piperazine rings is 1. The van der Waals surface area contributed by atoms with Gasteiger partial charge in [-0.05, 0) is 0 Å². The third-order valence-electron chi connectivity index (χ3n) is 4.37. The van der Waals surface area contributed by atoms with Crippen LogP contribution in [0.2, 0.25) is 0 Å². The van der Waals surface area contributed by atoms with Crippen molar-refractivity contribution < 1.29 is 9.32 Å². The third-order valence-corrected chi connectivity index (χ3v) is 5.21. The van der Waals surface area contributed by atoms with Crippen molar-refractivity contribution in [3.05, 3.63) is 47.8 Å². The molecule has 26 heavy (non-hydrogen) atoms. The van der Waals surface area contributed by atoms with Crippen LogP contribution in [0.25, 0.3) is 11.4 Å². The topological polar surface area (TPSA) is 75.4 Å². The number of aromatic nitrogens is 3. The summed E-state index contributed by atoms with van der Waals surface area (Å²) < 4.78 is 5.28. The SMILES string of the molecule is O=C(CCc1nc(-c2ccccc2)no1)N1CCN(c2nccs2)CC1. The standard InChI is InChI=1S/C18H19N5O2S/c24-16(22-9-11-23(12-10-22)18-19-8-13-26-18)7-6-15-20-17(21-25-15)14-4-2-1-3-5-14/h1-5,8,13H,6-7,9-12H2. The van der Waals surface area contributed by atoms with Crippen molar-refractivity contribution in [2.24, 2.45) is 0 Å². The summed E-state index contributed by atoms with van der Waals surface area (Å²) in [6.07, 6.45) is 2.66. The lowest BCUT2D eigenvalue weighted by Gasteiger charge is -2.34. The van der Waals surface area contributed by atoms with E-state index in [9.17, 15) is 4.79 Å². The maximum absolute atomic E-state index is 12.4. The van der Waals surface area contributed by atoms with Crippen LogP contribution in [0.5, 0.6) is 0 Å². The number of nitrogens with zero attached hydrogens (tertiary/aromatic N) is 5. The highest BCUT2D eigenvalue weighted by Gasteiger charge is 2.22. The van der Waals surface area contributed by atoms with Crippen molar-refractivity contribution in [2.45, 2.75) is 12.8 Å². The Balaban J connectivity index is 1.28. The molecule has 0 unspecified atom stereocenters. The van der Waals surface area contributed by atoms with E-state index in [1.807, 2.05) is 46.8 Å². The Hall–Kier alpha value is -2.74. The first-order valence-electron chi connectivity index (χ1n) is 8.60. The minimum absolute atomic E-state index is 0.128. The van der Waals surface area contributed by atoms with Gasteiger partial charge in [-0.2, -0.15) is 4.98 Å². The molecule has 4 rings (SSSR count). The second-order valence-electron chi connectivity index (χ2n) is 6.06. The first-order valence-corrected chi connectivity index (χ1v) is 9.48. The van der Waals surface area contributed by atoms with Crippen LogP contribution in [0.15, 0.2) is 46.4 Å². The molecule has 2 aromatic heterocycles. The Morgan fingerprint density at radius 3 is 2.69 bits per heavy atom. The van der Waals surface area contributed by atoms with Crippen LogP contribution in [0.3, 0.4) is 0 Å². The summed E-state index contributed by atoms with van der Waals surface area (Å²) in [5.41, 5.74) is 0.909. The van der Waals surface area contributed by atoms with Crippen LogP contribution >= 0.6 is 11.3 Å². The molecular weight excluding hydrogens is 350 g/mol. The molecule has 1 fully saturated rings. The zero-order valence-electron chi connectivity index (χ0n) is 14.2. The molecule has 1 aromatic carbocycles. The van der Waals surface area contributed by atoms with Crippen molar-refractivity contribution in [1.82, 2.24) is 20.0 Å². The normalized spacial score (nSPS) is 14.6. The lowest BCUT2D eigenvalue weighted by Crippen LogP contribution is -2.48. The summed E-state index contributed by atoms with van der Waals surface area (Å²) in [5.74, 6) is 1.19. The quantitative estimate of drug-likeness (QED) is 0.688. The van der Waals surface area contributed by atoms with E-state index < -0.39 is 0 Å². The monoisotopic (exact) mass is 369 g/mol. The zero-order chi connectivity index (χ0) is 17.8. The summed E-state index contributed by atoms with van der Waals surface area (Å²) >= 11 is 1.63. The number of benzene rings is 1. The molecule has 3 heterocycles. The fourth-order valence-corrected chi connectivity index (χ4v) is 3.65. The number of amides is 1. The third kappa shape index (κ3) is 3.75. The fourth-order valence-electron chi connectivity index (χ4n) is 2.95. The Morgan fingerprint density at radius 1 is 1.15 bits per heavy atom. The molecular formula is C18H19N5O2S. The summed E-state index contributed by atoms with van der Waals surface area (Å²) in [5, 5.41) is 6.99. The molecule has 1 aliphatic heterocycles. The van der Waals surface area contributed by atoms with Crippen LogP contribution in [-0.4, -0.2) is 52.1 Å². The van der Waals surface area contributed by atoms with E-state index >= 15 is 0 Å². The molecule has 0 aliphatic carbocycles. The maximum atomic E-state index is 12.4. The van der Waals surface area contributed by atoms with Crippen molar-refractivity contribution in [3.63, 3.8) is 0 Å². The molecule has 3 aromatic rings. The van der Waals surface area contributed by atoms with Crippen LogP contribution in [0, 0.1) is 0 Å². The molecule has 1 aliphatic rings. The summed E-state index contributed by atoms with van der Waals surface area (Å²) in [4.78, 5) is 25.3. The van der Waals surface area contributed by atoms with Crippen LogP contribution in [-0.2, 0) is 11.2 Å². The zero-order valence-corrected chi connectivity index (χ0v) is 15.1. The van der Waals surface area contributed by atoms with Gasteiger partial charge in [0.05, 0.1) is 0 Å². The van der Waals surface area contributed by atoms with Crippen LogP contribution < -0.4 is 4.90 Å². The molecule has 0 bridgehead atoms. The van der Waals surface area contributed by atoms with Gasteiger partial charge in [0.1, 0.15) is 0 Å². The fraction of sp³-hybridized carbons (Fsp3) is 0.333. The molecule has 0 atom stereocenters. The predicted molar refractivity (Wildman–Crippen MR) is 99.0 cm³/mol. The van der Waals surface area contributed by atoms with Gasteiger partial charge in [0, 0.05) is 56.2 Å². The number of carbonyl (C=O) groups is 1. The van der Waals surface area contributed by atoms with E-state index in [2.05, 4.69) is 20.0 Å². The minimum atomic E-state index is 0.128. The molecule has 0 radical (unpaired) electrons. The summed E-state index contributed by atoms with van der Waals surface area (Å²) in [7, 11) is 0. The van der Waals surface area contributed by atoms with E-state index in [0.717, 1.165) is 36.9 Å². The van der Waals surface area contributed by atoms with E-state index in [0.29, 0.717) is 24.6 Å². The molecule has 0 saturated carbocycles. The average molecular weight is 369 g/mol. The van der Waals surface area contributed by atoms with Gasteiger partial charge in [0.15, 0.2) is 5.13 Å². The van der Waals surface area contributed by atoms with E-state index in [4.69, 9.17) is 4.52 Å². The van der Waals surface area contributed by atoms with Crippen LogP contribution in [0.4, 0.5) is 5.13 Å². The molecule has 134 valence electrons. The van der Waals surface area contributed by atoms with Gasteiger partial charge in [-0.15, -0.1) is 11.3 Å². The van der Waals surface area contributed by atoms with E-state index in [1.54, 1.807) is 11.3 Å². The van der Waals surface area contributed by atoms with Gasteiger partial charge < -0.3 is 14.3 Å². The number of thiazole rings is 1. The first kappa shape index (κ1) is 16.7. The Morgan fingerprint density at radius 2 is 1.96 bits per heavy atom. The number of carbonyl (C=O) groups excluding carboxylic acids is 1. The summed E-state index contributed by atoms with van der Waals surface area (Å²) in [6, 6.07) is 9.67. The van der Waals surface area contributed by atoms with Gasteiger partial charge in [-0.1, -0.05) is 35.5 Å². The van der Waals surface area contributed by atoms with Crippen molar-refractivity contribution in [1.29, 1.82) is 0 Å². The minimum Gasteiger partial charge on any atom is -0.345 e. The van der Waals surface area contributed by atoms with Gasteiger partial charge in [0.25, 0.3) is 0 Å². The second-order valence-corrected chi connectivity index (χ2v) is 6.93. The van der Waals surface area contributed by atoms with Crippen molar-refractivity contribution in [2.75, 3.05) is 31.1 Å². The maximum Gasteiger partial charge on any atom is 0.227 e. The van der Waals surface area contributed by atoms with Gasteiger partial charge in [0.2, 0.25) is 17.6 Å². The van der Waals surface area contributed by atoms with E-state index in [1.165, 1.54) is 0 Å². The Kier molecular flexibility index (Phi) is 4.92. The lowest BCUT2D eigenvalue weighted by atomic mass is 10.2. The second kappa shape index (κ2) is 7.65. The molecule has 1 amide bonds. The highest BCUT2D eigenvalue weighted by molar-refractivity contribution is 7.13. The highest BCUT2D eigenvalue weighted by atomic mass is 32.1. The van der Waals surface area contributed by atoms with Crippen molar-refractivity contribution in [3.8, 4) is 11.4 Å². The van der Waals surface area contributed by atoms with Gasteiger partial charge in [-0.25, -0.2) is 4.98 Å². The smallest absolute Gasteiger partial charge is 0.227 e. The molecule has 0 spiro atoms. The Labute approximate surface area is 155 Å². The molecule has 7 nitrogen and oxygen atoms in total. The van der Waals surface area contributed by atoms with Crippen molar-refractivity contribution >= 4 is 22.4 Å². The van der Waals surface area contributed by atoms with Crippen LogP contribution in [0.1, 0.15) is 12.3 Å². The Bertz CT molecular complexity index is 842. The number of hydrogen-bond acceptors (Lipinski definition) is 7. The summed E-state index contributed by atoms with van der Waals surface area (Å²) in [6.45, 7) is 3.07.